The van der Waals surface area contributed by atoms with E-state index in [-0.39, 0.29) is 25.4 Å². The van der Waals surface area contributed by atoms with Crippen LogP contribution in [0.15, 0.2) is 36.7 Å². The molecule has 1 amide bonds. The van der Waals surface area contributed by atoms with Crippen molar-refractivity contribution in [3.63, 3.8) is 0 Å². The third-order valence-electron chi connectivity index (χ3n) is 3.82. The highest BCUT2D eigenvalue weighted by atomic mass is 16.6. The van der Waals surface area contributed by atoms with Crippen LogP contribution in [0.3, 0.4) is 0 Å². The summed E-state index contributed by atoms with van der Waals surface area (Å²) in [4.78, 5) is 25.3. The molecular weight excluding hydrogens is 354 g/mol. The molecule has 0 spiro atoms. The number of aromatic nitrogens is 5. The Balaban J connectivity index is 1.58. The van der Waals surface area contributed by atoms with E-state index in [1.54, 1.807) is 37.5 Å². The lowest BCUT2D eigenvalue weighted by atomic mass is 10.1. The van der Waals surface area contributed by atoms with Crippen LogP contribution in [-0.2, 0) is 31.4 Å². The molecule has 0 fully saturated rings. The van der Waals surface area contributed by atoms with Crippen molar-refractivity contribution in [3.05, 3.63) is 63.9 Å². The van der Waals surface area contributed by atoms with E-state index in [4.69, 9.17) is 10.5 Å². The van der Waals surface area contributed by atoms with Crippen LogP contribution in [0, 0.1) is 10.1 Å². The highest BCUT2D eigenvalue weighted by Crippen LogP contribution is 2.15. The fourth-order valence-electron chi connectivity index (χ4n) is 2.44. The van der Waals surface area contributed by atoms with Gasteiger partial charge >= 0.3 is 5.82 Å². The second-order valence-electron chi connectivity index (χ2n) is 5.83. The van der Waals surface area contributed by atoms with Crippen LogP contribution in [0.5, 0.6) is 5.75 Å². The van der Waals surface area contributed by atoms with E-state index in [2.05, 4.69) is 15.3 Å². The van der Waals surface area contributed by atoms with E-state index in [1.807, 2.05) is 0 Å². The molecule has 1 aromatic carbocycles. The Hall–Kier alpha value is -3.76. The predicted molar refractivity (Wildman–Crippen MR) is 92.7 cm³/mol. The van der Waals surface area contributed by atoms with Crippen molar-refractivity contribution >= 4 is 11.7 Å². The monoisotopic (exact) mass is 371 g/mol. The maximum Gasteiger partial charge on any atom is 0.342 e. The largest absolute Gasteiger partial charge is 0.487 e. The number of ether oxygens (including phenoxy) is 1. The number of carbonyl (C=O) groups excluding carboxylic acids is 1. The van der Waals surface area contributed by atoms with Gasteiger partial charge in [0.15, 0.2) is 0 Å². The fourth-order valence-corrected chi connectivity index (χ4v) is 2.44. The minimum absolute atomic E-state index is 0.0894. The van der Waals surface area contributed by atoms with Crippen LogP contribution in [-0.4, -0.2) is 35.4 Å². The Kier molecular flexibility index (Phi) is 5.11. The maximum absolute atomic E-state index is 10.9. The molecule has 0 atom stereocenters. The van der Waals surface area contributed by atoms with E-state index >= 15 is 0 Å². The Morgan fingerprint density at radius 2 is 2.07 bits per heavy atom. The van der Waals surface area contributed by atoms with Crippen molar-refractivity contribution in [1.82, 2.24) is 24.5 Å². The van der Waals surface area contributed by atoms with Crippen LogP contribution in [0.25, 0.3) is 0 Å². The molecule has 140 valence electrons. The van der Waals surface area contributed by atoms with Crippen LogP contribution < -0.4 is 10.5 Å². The first-order valence-electron chi connectivity index (χ1n) is 7.96. The molecule has 0 aliphatic rings. The lowest BCUT2D eigenvalue weighted by Crippen LogP contribution is -2.13. The highest BCUT2D eigenvalue weighted by Gasteiger charge is 2.17. The Labute approximate surface area is 153 Å². The molecule has 0 unspecified atom stereocenters. The molecule has 0 bridgehead atoms. The van der Waals surface area contributed by atoms with Gasteiger partial charge in [0.05, 0.1) is 19.7 Å². The minimum atomic E-state index is -0.494. The summed E-state index contributed by atoms with van der Waals surface area (Å²) >= 11 is 0. The van der Waals surface area contributed by atoms with E-state index in [1.165, 1.54) is 15.4 Å². The van der Waals surface area contributed by atoms with Gasteiger partial charge < -0.3 is 20.6 Å². The number of nitrogens with two attached hydrogens (primary N) is 1. The first kappa shape index (κ1) is 18.0. The minimum Gasteiger partial charge on any atom is -0.487 e. The number of amides is 1. The van der Waals surface area contributed by atoms with Crippen molar-refractivity contribution in [2.75, 3.05) is 0 Å². The molecule has 2 N–H and O–H groups in total. The second-order valence-corrected chi connectivity index (χ2v) is 5.83. The third kappa shape index (κ3) is 4.45. The van der Waals surface area contributed by atoms with Gasteiger partial charge in [0.1, 0.15) is 30.8 Å². The summed E-state index contributed by atoms with van der Waals surface area (Å²) in [5.41, 5.74) is 6.56. The predicted octanol–water partition coefficient (Wildman–Crippen LogP) is 0.575. The number of carbonyl (C=O) groups is 1. The number of nitrogens with zero attached hydrogens (tertiary/aromatic N) is 6. The fraction of sp³-hybridized carbons (Fsp3) is 0.250. The summed E-state index contributed by atoms with van der Waals surface area (Å²) < 4.78 is 8.56. The van der Waals surface area contributed by atoms with Crippen LogP contribution >= 0.6 is 0 Å². The number of rotatable bonds is 8. The van der Waals surface area contributed by atoms with Crippen LogP contribution in [0.2, 0.25) is 0 Å². The average molecular weight is 371 g/mol. The summed E-state index contributed by atoms with van der Waals surface area (Å²) in [5.74, 6) is 0.633. The van der Waals surface area contributed by atoms with Gasteiger partial charge in [-0.05, 0) is 22.6 Å². The zero-order valence-electron chi connectivity index (χ0n) is 14.5. The average Bonchev–Trinajstić information content (AvgIpc) is 3.21. The normalized spacial score (nSPS) is 10.7. The van der Waals surface area contributed by atoms with Crippen molar-refractivity contribution in [3.8, 4) is 5.75 Å². The molecular formula is C16H17N7O4. The molecule has 27 heavy (non-hydrogen) atoms. The van der Waals surface area contributed by atoms with Crippen molar-refractivity contribution < 1.29 is 14.5 Å². The highest BCUT2D eigenvalue weighted by molar-refractivity contribution is 5.76. The molecule has 3 rings (SSSR count). The topological polar surface area (TPSA) is 144 Å². The number of nitro groups is 1. The van der Waals surface area contributed by atoms with E-state index < -0.39 is 10.8 Å². The van der Waals surface area contributed by atoms with Gasteiger partial charge in [0, 0.05) is 0 Å². The van der Waals surface area contributed by atoms with E-state index in [0.717, 1.165) is 5.56 Å². The van der Waals surface area contributed by atoms with Gasteiger partial charge in [-0.2, -0.15) is 0 Å². The van der Waals surface area contributed by atoms with E-state index in [9.17, 15) is 14.9 Å². The van der Waals surface area contributed by atoms with Gasteiger partial charge in [0.25, 0.3) is 0 Å². The number of benzene rings is 1. The van der Waals surface area contributed by atoms with Crippen molar-refractivity contribution in [2.45, 2.75) is 19.6 Å². The smallest absolute Gasteiger partial charge is 0.342 e. The lowest BCUT2D eigenvalue weighted by molar-refractivity contribution is -0.391. The Morgan fingerprint density at radius 3 is 2.70 bits per heavy atom. The van der Waals surface area contributed by atoms with Gasteiger partial charge in [-0.1, -0.05) is 17.3 Å². The van der Waals surface area contributed by atoms with E-state index in [0.29, 0.717) is 17.3 Å². The van der Waals surface area contributed by atoms with Crippen molar-refractivity contribution in [1.29, 1.82) is 0 Å². The molecule has 0 aliphatic heterocycles. The summed E-state index contributed by atoms with van der Waals surface area (Å²) in [6, 6.07) is 7.03. The van der Waals surface area contributed by atoms with Gasteiger partial charge in [-0.25, -0.2) is 14.2 Å². The molecule has 0 saturated carbocycles. The molecule has 11 heteroatoms. The van der Waals surface area contributed by atoms with Crippen molar-refractivity contribution in [2.24, 2.45) is 12.8 Å². The standard InChI is InChI=1S/C16H17N7O4/c1-21-15(18-7-16(21)23(25)26)9-22-8-12(19-20-22)10-27-13-4-2-11(3-5-13)6-14(17)24/h2-5,7-8H,6,9-10H2,1H3,(H2,17,24). The Bertz CT molecular complexity index is 962. The molecule has 2 heterocycles. The summed E-state index contributed by atoms with van der Waals surface area (Å²) in [5, 5.41) is 18.8. The first-order chi connectivity index (χ1) is 12.9. The zero-order chi connectivity index (χ0) is 19.4. The number of hydrogen-bond donors (Lipinski definition) is 1. The first-order valence-corrected chi connectivity index (χ1v) is 7.96. The van der Waals surface area contributed by atoms with Gasteiger partial charge in [-0.3, -0.25) is 4.79 Å². The molecule has 0 aliphatic carbocycles. The lowest BCUT2D eigenvalue weighted by Gasteiger charge is -2.04. The molecule has 3 aromatic rings. The zero-order valence-corrected chi connectivity index (χ0v) is 14.5. The molecule has 0 radical (unpaired) electrons. The Morgan fingerprint density at radius 1 is 1.33 bits per heavy atom. The number of imidazole rings is 1. The van der Waals surface area contributed by atoms with Crippen LogP contribution in [0.1, 0.15) is 17.1 Å². The molecule has 11 nitrogen and oxygen atoms in total. The summed E-state index contributed by atoms with van der Waals surface area (Å²) in [7, 11) is 1.57. The van der Waals surface area contributed by atoms with Gasteiger partial charge in [0.2, 0.25) is 11.7 Å². The molecule has 2 aromatic heterocycles. The second kappa shape index (κ2) is 7.64. The summed E-state index contributed by atoms with van der Waals surface area (Å²) in [6.07, 6.45) is 3.07. The van der Waals surface area contributed by atoms with Gasteiger partial charge in [-0.15, -0.1) is 5.10 Å². The quantitative estimate of drug-likeness (QED) is 0.450. The number of primary amides is 1. The SMILES string of the molecule is Cn1c([N+](=O)[O-])cnc1Cn1cc(COc2ccc(CC(N)=O)cc2)nn1. The third-order valence-corrected chi connectivity index (χ3v) is 3.82. The summed E-state index contributed by atoms with van der Waals surface area (Å²) in [6.45, 7) is 0.453. The van der Waals surface area contributed by atoms with Crippen LogP contribution in [0.4, 0.5) is 5.82 Å². The number of hydrogen-bond acceptors (Lipinski definition) is 7. The maximum atomic E-state index is 10.9. The molecule has 0 saturated heterocycles.